The molecule has 0 heterocycles. The minimum Gasteiger partial charge on any atom is -0.293 e. The van der Waals surface area contributed by atoms with Gasteiger partial charge < -0.3 is 0 Å². The summed E-state index contributed by atoms with van der Waals surface area (Å²) in [4.78, 5) is 13.5. The van der Waals surface area contributed by atoms with E-state index < -0.39 is 17.4 Å². The molecule has 0 spiro atoms. The molecule has 1 nitrogen and oxygen atoms in total. The van der Waals surface area contributed by atoms with Gasteiger partial charge in [-0.2, -0.15) is 13.2 Å². The van der Waals surface area contributed by atoms with Crippen LogP contribution in [0.4, 0.5) is 13.2 Å². The molecule has 0 fully saturated rings. The summed E-state index contributed by atoms with van der Waals surface area (Å²) in [5.74, 6) is -0.807. The first kappa shape index (κ1) is 18.7. The highest BCUT2D eigenvalue weighted by Gasteiger charge is 2.64. The molecule has 0 radical (unpaired) electrons. The first-order chi connectivity index (χ1) is 13.4. The highest BCUT2D eigenvalue weighted by molar-refractivity contribution is 6.12. The van der Waals surface area contributed by atoms with Gasteiger partial charge in [0.1, 0.15) is 0 Å². The summed E-state index contributed by atoms with van der Waals surface area (Å²) in [6.07, 6.45) is -2.63. The Labute approximate surface area is 162 Å². The topological polar surface area (TPSA) is 17.1 Å². The number of hydrogen-bond acceptors (Lipinski definition) is 1. The summed E-state index contributed by atoms with van der Waals surface area (Å²) >= 11 is 0. The molecule has 0 saturated heterocycles. The molecular weight excluding hydrogens is 361 g/mol. The summed E-state index contributed by atoms with van der Waals surface area (Å²) in [6, 6.07) is 17.0. The van der Waals surface area contributed by atoms with Crippen LogP contribution in [0.5, 0.6) is 0 Å². The first-order valence-corrected chi connectivity index (χ1v) is 9.60. The molecule has 4 rings (SSSR count). The van der Waals surface area contributed by atoms with Crippen molar-refractivity contribution < 1.29 is 18.0 Å². The highest BCUT2D eigenvalue weighted by Crippen LogP contribution is 2.52. The van der Waals surface area contributed by atoms with E-state index in [0.717, 1.165) is 18.4 Å². The van der Waals surface area contributed by atoms with Gasteiger partial charge in [-0.05, 0) is 46.7 Å². The number of carbonyl (C=O) groups excluding carboxylic acids is 1. The molecule has 1 unspecified atom stereocenters. The number of halogens is 3. The van der Waals surface area contributed by atoms with Gasteiger partial charge in [-0.3, -0.25) is 4.79 Å². The fourth-order valence-electron chi connectivity index (χ4n) is 4.44. The lowest BCUT2D eigenvalue weighted by Gasteiger charge is -2.31. The van der Waals surface area contributed by atoms with Crippen molar-refractivity contribution in [1.29, 1.82) is 0 Å². The Kier molecular flexibility index (Phi) is 4.53. The molecule has 4 heteroatoms. The lowest BCUT2D eigenvalue weighted by atomic mass is 9.74. The summed E-state index contributed by atoms with van der Waals surface area (Å²) in [7, 11) is 0. The number of benzene rings is 3. The molecule has 0 saturated carbocycles. The van der Waals surface area contributed by atoms with E-state index in [4.69, 9.17) is 0 Å². The number of rotatable bonds is 4. The number of hydrogen-bond donors (Lipinski definition) is 0. The van der Waals surface area contributed by atoms with Crippen LogP contribution < -0.4 is 0 Å². The molecule has 3 aromatic carbocycles. The summed E-state index contributed by atoms with van der Waals surface area (Å²) in [5, 5.41) is 1.19. The lowest BCUT2D eigenvalue weighted by molar-refractivity contribution is -0.173. The third-order valence-electron chi connectivity index (χ3n) is 5.84. The number of carbonyl (C=O) groups is 1. The quantitative estimate of drug-likeness (QED) is 0.509. The molecule has 0 aromatic heterocycles. The molecule has 144 valence electrons. The van der Waals surface area contributed by atoms with Crippen molar-refractivity contribution in [3.8, 4) is 0 Å². The fraction of sp³-hybridized carbons (Fsp3) is 0.292. The van der Waals surface area contributed by atoms with E-state index >= 15 is 0 Å². The van der Waals surface area contributed by atoms with Crippen LogP contribution in [0, 0.1) is 0 Å². The van der Waals surface area contributed by atoms with Gasteiger partial charge in [-0.1, -0.05) is 74.0 Å². The van der Waals surface area contributed by atoms with E-state index in [1.165, 1.54) is 6.07 Å². The number of Topliss-reactive ketones (excluding diaryl/α,β-unsaturated/α-hetero) is 1. The zero-order valence-corrected chi connectivity index (χ0v) is 15.6. The van der Waals surface area contributed by atoms with E-state index in [1.807, 2.05) is 6.92 Å². The van der Waals surface area contributed by atoms with Crippen LogP contribution in [0.1, 0.15) is 46.8 Å². The van der Waals surface area contributed by atoms with E-state index in [2.05, 4.69) is 0 Å². The minimum atomic E-state index is -4.69. The van der Waals surface area contributed by atoms with Gasteiger partial charge in [0.2, 0.25) is 0 Å². The molecule has 1 atom stereocenters. The van der Waals surface area contributed by atoms with Crippen LogP contribution >= 0.6 is 0 Å². The largest absolute Gasteiger partial charge is 0.405 e. The zero-order chi connectivity index (χ0) is 19.9. The maximum absolute atomic E-state index is 14.6. The number of fused-ring (bicyclic) bond motifs is 2. The Hall–Kier alpha value is -2.62. The SMILES string of the molecule is CCCCc1cccc2c1C(=O)C(c1cccc3ccccc13)(C(F)(F)F)C2. The predicted octanol–water partition coefficient (Wildman–Crippen LogP) is 6.42. The van der Waals surface area contributed by atoms with Gasteiger partial charge in [0.05, 0.1) is 0 Å². The van der Waals surface area contributed by atoms with Crippen molar-refractivity contribution in [3.63, 3.8) is 0 Å². The van der Waals surface area contributed by atoms with Crippen LogP contribution in [-0.4, -0.2) is 12.0 Å². The third-order valence-corrected chi connectivity index (χ3v) is 5.84. The number of aryl methyl sites for hydroxylation is 1. The van der Waals surface area contributed by atoms with Crippen LogP contribution in [-0.2, 0) is 18.3 Å². The average molecular weight is 382 g/mol. The fourth-order valence-corrected chi connectivity index (χ4v) is 4.44. The molecule has 1 aliphatic rings. The Balaban J connectivity index is 1.97. The minimum absolute atomic E-state index is 0.0562. The number of unbranched alkanes of at least 4 members (excludes halogenated alkanes) is 1. The summed E-state index contributed by atoms with van der Waals surface area (Å²) in [5.41, 5.74) is -0.958. The van der Waals surface area contributed by atoms with Gasteiger partial charge in [0.25, 0.3) is 0 Å². The number of alkyl halides is 3. The van der Waals surface area contributed by atoms with E-state index in [1.54, 1.807) is 54.6 Å². The van der Waals surface area contributed by atoms with Crippen LogP contribution in [0.25, 0.3) is 10.8 Å². The van der Waals surface area contributed by atoms with Gasteiger partial charge in [-0.15, -0.1) is 0 Å². The molecule has 0 N–H and O–H groups in total. The van der Waals surface area contributed by atoms with Crippen LogP contribution in [0.3, 0.4) is 0 Å². The molecule has 0 amide bonds. The maximum Gasteiger partial charge on any atom is 0.405 e. The Morgan fingerprint density at radius 1 is 0.964 bits per heavy atom. The van der Waals surface area contributed by atoms with Gasteiger partial charge in [0.15, 0.2) is 11.2 Å². The second kappa shape index (κ2) is 6.77. The number of ketones is 1. The van der Waals surface area contributed by atoms with Crippen molar-refractivity contribution in [1.82, 2.24) is 0 Å². The Bertz CT molecular complexity index is 1050. The van der Waals surface area contributed by atoms with Crippen molar-refractivity contribution in [2.75, 3.05) is 0 Å². The second-order valence-corrected chi connectivity index (χ2v) is 7.49. The molecule has 0 aliphatic heterocycles. The standard InChI is InChI=1S/C24H21F3O/c1-2-3-8-17-11-6-12-18-15-23(24(25,26)27,22(28)21(17)18)20-14-7-10-16-9-4-5-13-19(16)20/h4-7,9-14H,2-3,8,15H2,1H3. The Morgan fingerprint density at radius 3 is 2.43 bits per heavy atom. The van der Waals surface area contributed by atoms with Gasteiger partial charge in [-0.25, -0.2) is 0 Å². The monoisotopic (exact) mass is 382 g/mol. The van der Waals surface area contributed by atoms with Crippen LogP contribution in [0.15, 0.2) is 60.7 Å². The van der Waals surface area contributed by atoms with Crippen molar-refractivity contribution >= 4 is 16.6 Å². The summed E-state index contributed by atoms with van der Waals surface area (Å²) in [6.45, 7) is 2.03. The first-order valence-electron chi connectivity index (χ1n) is 9.60. The molecule has 3 aromatic rings. The lowest BCUT2D eigenvalue weighted by Crippen LogP contribution is -2.47. The van der Waals surface area contributed by atoms with Gasteiger partial charge >= 0.3 is 6.18 Å². The summed E-state index contributed by atoms with van der Waals surface area (Å²) < 4.78 is 43.8. The molecule has 28 heavy (non-hydrogen) atoms. The van der Waals surface area contributed by atoms with Crippen molar-refractivity contribution in [2.24, 2.45) is 0 Å². The smallest absolute Gasteiger partial charge is 0.293 e. The predicted molar refractivity (Wildman–Crippen MR) is 105 cm³/mol. The van der Waals surface area contributed by atoms with E-state index in [0.29, 0.717) is 22.8 Å². The Morgan fingerprint density at radius 2 is 1.68 bits per heavy atom. The molecule has 1 aliphatic carbocycles. The van der Waals surface area contributed by atoms with E-state index in [-0.39, 0.29) is 17.5 Å². The van der Waals surface area contributed by atoms with E-state index in [9.17, 15) is 18.0 Å². The zero-order valence-electron chi connectivity index (χ0n) is 15.6. The van der Waals surface area contributed by atoms with Crippen molar-refractivity contribution in [3.05, 3.63) is 82.9 Å². The van der Waals surface area contributed by atoms with Crippen molar-refractivity contribution in [2.45, 2.75) is 44.2 Å². The average Bonchev–Trinajstić information content (AvgIpc) is 3.00. The second-order valence-electron chi connectivity index (χ2n) is 7.49. The van der Waals surface area contributed by atoms with Gasteiger partial charge in [0, 0.05) is 5.56 Å². The third kappa shape index (κ3) is 2.66. The highest BCUT2D eigenvalue weighted by atomic mass is 19.4. The van der Waals surface area contributed by atoms with Crippen LogP contribution in [0.2, 0.25) is 0 Å². The molecular formula is C24H21F3O. The normalized spacial score (nSPS) is 19.2. The maximum atomic E-state index is 14.6. The molecule has 0 bridgehead atoms.